The zero-order chi connectivity index (χ0) is 17.9. The van der Waals surface area contributed by atoms with E-state index in [2.05, 4.69) is 4.72 Å². The van der Waals surface area contributed by atoms with Crippen LogP contribution >= 0.6 is 0 Å². The predicted molar refractivity (Wildman–Crippen MR) is 86.5 cm³/mol. The Morgan fingerprint density at radius 2 is 1.92 bits per heavy atom. The minimum atomic E-state index is -3.82. The molecule has 0 aliphatic carbocycles. The minimum Gasteiger partial charge on any atom is -0.461 e. The summed E-state index contributed by atoms with van der Waals surface area (Å²) in [7, 11) is -2.22. The molecular weight excluding hydrogens is 335 g/mol. The molecule has 1 aromatic carbocycles. The van der Waals surface area contributed by atoms with Crippen molar-refractivity contribution in [2.45, 2.75) is 25.3 Å². The molecule has 0 amide bonds. The standard InChI is InChI=1S/C16H19FN2O4S/c1-4-23-16(20)14-9-15(11(2)19(14)3)24(21,22)18-10-12-5-7-13(17)8-6-12/h5-9,18H,4,10H2,1-3H3. The Morgan fingerprint density at radius 3 is 2.50 bits per heavy atom. The second-order valence-electron chi connectivity index (χ2n) is 5.21. The molecule has 8 heteroatoms. The molecule has 0 atom stereocenters. The van der Waals surface area contributed by atoms with E-state index < -0.39 is 16.0 Å². The number of ether oxygens (including phenoxy) is 1. The van der Waals surface area contributed by atoms with Crippen molar-refractivity contribution in [1.29, 1.82) is 0 Å². The summed E-state index contributed by atoms with van der Waals surface area (Å²) >= 11 is 0. The lowest BCUT2D eigenvalue weighted by atomic mass is 10.2. The van der Waals surface area contributed by atoms with Gasteiger partial charge in [0.15, 0.2) is 0 Å². The van der Waals surface area contributed by atoms with Crippen LogP contribution in [0.4, 0.5) is 4.39 Å². The second-order valence-corrected chi connectivity index (χ2v) is 6.95. The van der Waals surface area contributed by atoms with Crippen molar-refractivity contribution in [3.8, 4) is 0 Å². The molecule has 0 spiro atoms. The Kier molecular flexibility index (Phi) is 5.40. The molecule has 2 aromatic rings. The highest BCUT2D eigenvalue weighted by Crippen LogP contribution is 2.20. The lowest BCUT2D eigenvalue weighted by Crippen LogP contribution is -2.23. The first-order valence-corrected chi connectivity index (χ1v) is 8.82. The number of nitrogens with zero attached hydrogens (tertiary/aromatic N) is 1. The van der Waals surface area contributed by atoms with Gasteiger partial charge < -0.3 is 9.30 Å². The molecule has 0 aliphatic heterocycles. The molecule has 1 heterocycles. The maximum atomic E-state index is 12.9. The van der Waals surface area contributed by atoms with Crippen LogP contribution in [0.5, 0.6) is 0 Å². The van der Waals surface area contributed by atoms with E-state index in [1.807, 2.05) is 0 Å². The van der Waals surface area contributed by atoms with Crippen molar-refractivity contribution in [3.63, 3.8) is 0 Å². The van der Waals surface area contributed by atoms with E-state index in [0.717, 1.165) is 0 Å². The van der Waals surface area contributed by atoms with E-state index in [-0.39, 0.29) is 29.6 Å². The number of aromatic nitrogens is 1. The molecule has 130 valence electrons. The van der Waals surface area contributed by atoms with Gasteiger partial charge in [0.05, 0.1) is 6.61 Å². The Bertz CT molecular complexity index is 842. The van der Waals surface area contributed by atoms with Crippen LogP contribution in [-0.4, -0.2) is 25.6 Å². The van der Waals surface area contributed by atoms with Gasteiger partial charge in [-0.2, -0.15) is 0 Å². The zero-order valence-electron chi connectivity index (χ0n) is 13.7. The third-order valence-corrected chi connectivity index (χ3v) is 5.16. The first kappa shape index (κ1) is 18.2. The fourth-order valence-electron chi connectivity index (χ4n) is 2.20. The summed E-state index contributed by atoms with van der Waals surface area (Å²) in [4.78, 5) is 11.9. The molecule has 2 rings (SSSR count). The van der Waals surface area contributed by atoms with Gasteiger partial charge in [-0.3, -0.25) is 0 Å². The van der Waals surface area contributed by atoms with Crippen molar-refractivity contribution in [3.05, 3.63) is 53.1 Å². The molecule has 1 N–H and O–H groups in total. The number of hydrogen-bond acceptors (Lipinski definition) is 4. The van der Waals surface area contributed by atoms with Crippen molar-refractivity contribution < 1.29 is 22.3 Å². The van der Waals surface area contributed by atoms with Crippen LogP contribution in [0.2, 0.25) is 0 Å². The third kappa shape index (κ3) is 3.82. The van der Waals surface area contributed by atoms with Crippen molar-refractivity contribution in [2.24, 2.45) is 7.05 Å². The predicted octanol–water partition coefficient (Wildman–Crippen LogP) is 2.13. The first-order valence-electron chi connectivity index (χ1n) is 7.33. The Hall–Kier alpha value is -2.19. The summed E-state index contributed by atoms with van der Waals surface area (Å²) in [5.74, 6) is -0.970. The van der Waals surface area contributed by atoms with Crippen LogP contribution in [0.25, 0.3) is 0 Å². The lowest BCUT2D eigenvalue weighted by molar-refractivity contribution is 0.0515. The van der Waals surface area contributed by atoms with Gasteiger partial charge in [-0.15, -0.1) is 0 Å². The van der Waals surface area contributed by atoms with Gasteiger partial charge in [0.2, 0.25) is 10.0 Å². The number of nitrogens with one attached hydrogen (secondary N) is 1. The Labute approximate surface area is 140 Å². The topological polar surface area (TPSA) is 77.4 Å². The molecule has 6 nitrogen and oxygen atoms in total. The number of sulfonamides is 1. The van der Waals surface area contributed by atoms with Crippen LogP contribution in [0.3, 0.4) is 0 Å². The zero-order valence-corrected chi connectivity index (χ0v) is 14.5. The van der Waals surface area contributed by atoms with Gasteiger partial charge in [-0.1, -0.05) is 12.1 Å². The third-order valence-electron chi connectivity index (χ3n) is 3.64. The Morgan fingerprint density at radius 1 is 1.29 bits per heavy atom. The molecular formula is C16H19FN2O4S. The maximum absolute atomic E-state index is 12.9. The summed E-state index contributed by atoms with van der Waals surface area (Å²) in [6.45, 7) is 3.50. The van der Waals surface area contributed by atoms with Crippen LogP contribution in [0, 0.1) is 12.7 Å². The molecule has 0 radical (unpaired) electrons. The molecule has 0 fully saturated rings. The molecule has 0 saturated carbocycles. The minimum absolute atomic E-state index is 0.00941. The summed E-state index contributed by atoms with van der Waals surface area (Å²) < 4.78 is 46.7. The highest BCUT2D eigenvalue weighted by molar-refractivity contribution is 7.89. The average Bonchev–Trinajstić information content (AvgIpc) is 2.84. The van der Waals surface area contributed by atoms with E-state index in [1.54, 1.807) is 20.9 Å². The number of benzene rings is 1. The van der Waals surface area contributed by atoms with Gasteiger partial charge in [0.25, 0.3) is 0 Å². The van der Waals surface area contributed by atoms with Crippen LogP contribution in [0.1, 0.15) is 28.7 Å². The quantitative estimate of drug-likeness (QED) is 0.806. The van der Waals surface area contributed by atoms with Gasteiger partial charge in [-0.25, -0.2) is 22.3 Å². The number of hydrogen-bond donors (Lipinski definition) is 1. The molecule has 1 aromatic heterocycles. The molecule has 0 aliphatic rings. The second kappa shape index (κ2) is 7.14. The van der Waals surface area contributed by atoms with E-state index in [9.17, 15) is 17.6 Å². The summed E-state index contributed by atoms with van der Waals surface area (Å²) in [5.41, 5.74) is 1.21. The van der Waals surface area contributed by atoms with Crippen molar-refractivity contribution in [2.75, 3.05) is 6.61 Å². The highest BCUT2D eigenvalue weighted by Gasteiger charge is 2.24. The molecule has 0 bridgehead atoms. The van der Waals surface area contributed by atoms with Crippen molar-refractivity contribution in [1.82, 2.24) is 9.29 Å². The van der Waals surface area contributed by atoms with E-state index in [4.69, 9.17) is 4.74 Å². The fraction of sp³-hybridized carbons (Fsp3) is 0.312. The summed E-state index contributed by atoms with van der Waals surface area (Å²) in [6.07, 6.45) is 0. The molecule has 0 saturated heterocycles. The number of carbonyl (C=O) groups is 1. The highest BCUT2D eigenvalue weighted by atomic mass is 32.2. The average molecular weight is 354 g/mol. The monoisotopic (exact) mass is 354 g/mol. The van der Waals surface area contributed by atoms with E-state index in [1.165, 1.54) is 34.9 Å². The lowest BCUT2D eigenvalue weighted by Gasteiger charge is -2.07. The largest absolute Gasteiger partial charge is 0.461 e. The van der Waals surface area contributed by atoms with Gasteiger partial charge >= 0.3 is 5.97 Å². The summed E-state index contributed by atoms with van der Waals surface area (Å²) in [6, 6.07) is 6.81. The number of halogens is 1. The van der Waals surface area contributed by atoms with E-state index >= 15 is 0 Å². The number of carbonyl (C=O) groups excluding carboxylic acids is 1. The van der Waals surface area contributed by atoms with Crippen LogP contribution in [-0.2, 0) is 28.4 Å². The summed E-state index contributed by atoms with van der Waals surface area (Å²) in [5, 5.41) is 0. The van der Waals surface area contributed by atoms with Gasteiger partial charge in [-0.05, 0) is 37.6 Å². The number of rotatable bonds is 6. The number of esters is 1. The maximum Gasteiger partial charge on any atom is 0.354 e. The van der Waals surface area contributed by atoms with Gasteiger partial charge in [0.1, 0.15) is 16.4 Å². The Balaban J connectivity index is 2.24. The van der Waals surface area contributed by atoms with Gasteiger partial charge in [0, 0.05) is 19.3 Å². The SMILES string of the molecule is CCOC(=O)c1cc(S(=O)(=O)NCc2ccc(F)cc2)c(C)n1C. The van der Waals surface area contributed by atoms with Crippen molar-refractivity contribution >= 4 is 16.0 Å². The van der Waals surface area contributed by atoms with Crippen LogP contribution < -0.4 is 4.72 Å². The molecule has 0 unspecified atom stereocenters. The van der Waals surface area contributed by atoms with Crippen LogP contribution in [0.15, 0.2) is 35.2 Å². The first-order chi connectivity index (χ1) is 11.3. The molecule has 24 heavy (non-hydrogen) atoms. The van der Waals surface area contributed by atoms with E-state index in [0.29, 0.717) is 11.3 Å². The smallest absolute Gasteiger partial charge is 0.354 e. The fourth-order valence-corrected chi connectivity index (χ4v) is 3.51. The normalized spacial score (nSPS) is 11.5.